The summed E-state index contributed by atoms with van der Waals surface area (Å²) in [5.41, 5.74) is 3.39. The molecule has 6 nitrogen and oxygen atoms in total. The zero-order valence-corrected chi connectivity index (χ0v) is 15.0. The van der Waals surface area contributed by atoms with Crippen molar-refractivity contribution in [2.75, 3.05) is 6.54 Å². The van der Waals surface area contributed by atoms with Crippen LogP contribution in [-0.2, 0) is 38.0 Å². The number of carbonyl (C=O) groups excluding carboxylic acids is 1. The number of ether oxygens (including phenoxy) is 1. The molecule has 0 N–H and O–H groups in total. The van der Waals surface area contributed by atoms with Gasteiger partial charge in [0.1, 0.15) is 5.82 Å². The lowest BCUT2D eigenvalue weighted by atomic mass is 10.0. The summed E-state index contributed by atoms with van der Waals surface area (Å²) in [4.78, 5) is 14.3. The van der Waals surface area contributed by atoms with Gasteiger partial charge >= 0.3 is 0 Å². The second-order valence-corrected chi connectivity index (χ2v) is 6.53. The number of halogens is 1. The van der Waals surface area contributed by atoms with E-state index in [4.69, 9.17) is 9.15 Å². The summed E-state index contributed by atoms with van der Waals surface area (Å²) in [7, 11) is 1.89. The molecule has 3 heterocycles. The van der Waals surface area contributed by atoms with Crippen molar-refractivity contribution in [1.82, 2.24) is 14.7 Å². The first-order valence-electron chi connectivity index (χ1n) is 8.81. The van der Waals surface area contributed by atoms with Gasteiger partial charge in [0.05, 0.1) is 25.2 Å². The summed E-state index contributed by atoms with van der Waals surface area (Å²) >= 11 is 0. The fourth-order valence-electron chi connectivity index (χ4n) is 3.39. The Morgan fingerprint density at radius 2 is 2.11 bits per heavy atom. The molecule has 7 heteroatoms. The molecule has 27 heavy (non-hydrogen) atoms. The number of rotatable bonds is 5. The maximum atomic E-state index is 13.7. The normalized spacial score (nSPS) is 13.6. The van der Waals surface area contributed by atoms with Gasteiger partial charge in [-0.25, -0.2) is 4.39 Å². The second kappa shape index (κ2) is 7.36. The highest BCUT2D eigenvalue weighted by Crippen LogP contribution is 2.24. The smallest absolute Gasteiger partial charge is 0.289 e. The van der Waals surface area contributed by atoms with Crippen molar-refractivity contribution in [3.8, 4) is 0 Å². The number of aromatic nitrogens is 2. The molecule has 1 amide bonds. The van der Waals surface area contributed by atoms with Crippen molar-refractivity contribution in [2.24, 2.45) is 7.05 Å². The first-order valence-corrected chi connectivity index (χ1v) is 8.81. The van der Waals surface area contributed by atoms with Crippen LogP contribution in [0.3, 0.4) is 0 Å². The van der Waals surface area contributed by atoms with E-state index in [-0.39, 0.29) is 24.9 Å². The number of nitrogens with zero attached hydrogens (tertiary/aromatic N) is 3. The maximum Gasteiger partial charge on any atom is 0.289 e. The lowest BCUT2D eigenvalue weighted by molar-refractivity contribution is 0.0696. The Bertz CT molecular complexity index is 950. The summed E-state index contributed by atoms with van der Waals surface area (Å²) in [6.45, 7) is 1.51. The Balaban J connectivity index is 1.46. The molecular weight excluding hydrogens is 349 g/mol. The molecule has 0 spiro atoms. The van der Waals surface area contributed by atoms with E-state index in [9.17, 15) is 9.18 Å². The van der Waals surface area contributed by atoms with Crippen LogP contribution in [0, 0.1) is 5.82 Å². The van der Waals surface area contributed by atoms with Crippen LogP contribution in [-0.4, -0.2) is 27.1 Å². The van der Waals surface area contributed by atoms with Crippen LogP contribution in [0.2, 0.25) is 0 Å². The molecule has 0 saturated heterocycles. The molecule has 0 saturated carbocycles. The van der Waals surface area contributed by atoms with Gasteiger partial charge in [0.2, 0.25) is 0 Å². The Labute approximate surface area is 156 Å². The Hall–Kier alpha value is -2.93. The van der Waals surface area contributed by atoms with Crippen molar-refractivity contribution < 1.29 is 18.3 Å². The summed E-state index contributed by atoms with van der Waals surface area (Å²) in [5.74, 6) is -0.0804. The van der Waals surface area contributed by atoms with E-state index in [1.807, 2.05) is 11.7 Å². The number of amides is 1. The van der Waals surface area contributed by atoms with E-state index in [0.29, 0.717) is 24.4 Å². The van der Waals surface area contributed by atoms with E-state index < -0.39 is 0 Å². The number of hydrogen-bond acceptors (Lipinski definition) is 4. The molecule has 1 aromatic carbocycles. The van der Waals surface area contributed by atoms with Crippen LogP contribution in [0.25, 0.3) is 0 Å². The number of fused-ring (bicyclic) bond motifs is 1. The van der Waals surface area contributed by atoms with Crippen molar-refractivity contribution in [3.63, 3.8) is 0 Å². The summed E-state index contributed by atoms with van der Waals surface area (Å²) in [5, 5.41) is 4.54. The molecule has 1 aliphatic rings. The Morgan fingerprint density at radius 1 is 1.26 bits per heavy atom. The third kappa shape index (κ3) is 3.50. The lowest BCUT2D eigenvalue weighted by Crippen LogP contribution is -2.36. The van der Waals surface area contributed by atoms with Gasteiger partial charge < -0.3 is 14.1 Å². The number of benzene rings is 1. The molecular formula is C20H20FN3O3. The number of hydrogen-bond donors (Lipinski definition) is 0. The summed E-state index contributed by atoms with van der Waals surface area (Å²) in [6.07, 6.45) is 2.22. The van der Waals surface area contributed by atoms with E-state index in [1.165, 1.54) is 12.3 Å². The topological polar surface area (TPSA) is 60.5 Å². The molecule has 0 aliphatic carbocycles. The van der Waals surface area contributed by atoms with Crippen molar-refractivity contribution in [1.29, 1.82) is 0 Å². The highest BCUT2D eigenvalue weighted by Gasteiger charge is 2.28. The highest BCUT2D eigenvalue weighted by molar-refractivity contribution is 5.91. The Kier molecular flexibility index (Phi) is 4.77. The van der Waals surface area contributed by atoms with Crippen molar-refractivity contribution in [2.45, 2.75) is 26.2 Å². The molecule has 0 fully saturated rings. The fourth-order valence-corrected chi connectivity index (χ4v) is 3.39. The van der Waals surface area contributed by atoms with Crippen molar-refractivity contribution in [3.05, 3.63) is 76.8 Å². The Morgan fingerprint density at radius 3 is 2.89 bits per heavy atom. The molecule has 140 valence electrons. The molecule has 0 atom stereocenters. The lowest BCUT2D eigenvalue weighted by Gasteiger charge is -2.27. The predicted octanol–water partition coefficient (Wildman–Crippen LogP) is 3.07. The van der Waals surface area contributed by atoms with Gasteiger partial charge in [-0.05, 0) is 18.2 Å². The standard InChI is InChI=1S/C20H20FN3O3/c1-23-18-8-9-24(20(25)19-7-4-10-27-19)11-15(18)17(22-23)13-26-12-14-5-2-3-6-16(14)21/h2-7,10H,8-9,11-13H2,1H3. The average molecular weight is 369 g/mol. The minimum Gasteiger partial charge on any atom is -0.459 e. The SMILES string of the molecule is Cn1nc(COCc2ccccc2F)c2c1CCN(C(=O)c1ccco1)C2. The first kappa shape index (κ1) is 17.5. The third-order valence-electron chi connectivity index (χ3n) is 4.80. The third-order valence-corrected chi connectivity index (χ3v) is 4.80. The highest BCUT2D eigenvalue weighted by atomic mass is 19.1. The van der Waals surface area contributed by atoms with Gasteiger partial charge in [0.15, 0.2) is 5.76 Å². The van der Waals surface area contributed by atoms with Gasteiger partial charge in [0, 0.05) is 43.4 Å². The monoisotopic (exact) mass is 369 g/mol. The van der Waals surface area contributed by atoms with Gasteiger partial charge in [0.25, 0.3) is 5.91 Å². The molecule has 3 aromatic rings. The van der Waals surface area contributed by atoms with Crippen LogP contribution in [0.5, 0.6) is 0 Å². The summed E-state index contributed by atoms with van der Waals surface area (Å²) < 4.78 is 26.5. The van der Waals surface area contributed by atoms with Gasteiger partial charge in [-0.3, -0.25) is 9.48 Å². The first-order chi connectivity index (χ1) is 13.1. The van der Waals surface area contributed by atoms with Crippen LogP contribution >= 0.6 is 0 Å². The molecule has 4 rings (SSSR count). The number of aryl methyl sites for hydroxylation is 1. The molecule has 0 radical (unpaired) electrons. The fraction of sp³-hybridized carbons (Fsp3) is 0.300. The van der Waals surface area contributed by atoms with E-state index >= 15 is 0 Å². The molecule has 2 aromatic heterocycles. The average Bonchev–Trinajstić information content (AvgIpc) is 3.31. The zero-order chi connectivity index (χ0) is 18.8. The number of furan rings is 1. The maximum absolute atomic E-state index is 13.7. The van der Waals surface area contributed by atoms with Gasteiger partial charge in [-0.2, -0.15) is 5.10 Å². The summed E-state index contributed by atoms with van der Waals surface area (Å²) in [6, 6.07) is 9.92. The van der Waals surface area contributed by atoms with Crippen LogP contribution < -0.4 is 0 Å². The quantitative estimate of drug-likeness (QED) is 0.694. The zero-order valence-electron chi connectivity index (χ0n) is 15.0. The molecule has 0 bridgehead atoms. The van der Waals surface area contributed by atoms with Gasteiger partial charge in [-0.15, -0.1) is 0 Å². The van der Waals surface area contributed by atoms with Crippen LogP contribution in [0.15, 0.2) is 47.1 Å². The van der Waals surface area contributed by atoms with Crippen LogP contribution in [0.1, 0.15) is 33.1 Å². The van der Waals surface area contributed by atoms with E-state index in [2.05, 4.69) is 5.10 Å². The second-order valence-electron chi connectivity index (χ2n) is 6.53. The minimum atomic E-state index is -0.282. The number of carbonyl (C=O) groups is 1. The van der Waals surface area contributed by atoms with Crippen molar-refractivity contribution >= 4 is 5.91 Å². The van der Waals surface area contributed by atoms with E-state index in [1.54, 1.807) is 35.2 Å². The minimum absolute atomic E-state index is 0.132. The largest absolute Gasteiger partial charge is 0.459 e. The molecule has 0 unspecified atom stereocenters. The van der Waals surface area contributed by atoms with E-state index in [0.717, 1.165) is 23.4 Å². The van der Waals surface area contributed by atoms with Crippen LogP contribution in [0.4, 0.5) is 4.39 Å². The van der Waals surface area contributed by atoms with Gasteiger partial charge in [-0.1, -0.05) is 18.2 Å². The molecule has 1 aliphatic heterocycles. The predicted molar refractivity (Wildman–Crippen MR) is 95.3 cm³/mol.